The Morgan fingerprint density at radius 1 is 1.23 bits per heavy atom. The van der Waals surface area contributed by atoms with E-state index in [0.29, 0.717) is 5.69 Å². The van der Waals surface area contributed by atoms with Gasteiger partial charge in [0, 0.05) is 43.4 Å². The van der Waals surface area contributed by atoms with Gasteiger partial charge in [0.15, 0.2) is 0 Å². The number of nitrogens with one attached hydrogen (secondary N) is 2. The minimum absolute atomic E-state index is 0.245. The quantitative estimate of drug-likeness (QED) is 0.865. The molecule has 1 aromatic carbocycles. The predicted octanol–water partition coefficient (Wildman–Crippen LogP) is 1.15. The third-order valence-corrected chi connectivity index (χ3v) is 5.10. The number of carbonyl (C=O) groups is 1. The molecule has 0 fully saturated rings. The summed E-state index contributed by atoms with van der Waals surface area (Å²) in [7, 11) is 0.619. The molecule has 1 aromatic heterocycles. The second kappa shape index (κ2) is 6.07. The zero-order chi connectivity index (χ0) is 16.5. The Labute approximate surface area is 130 Å². The summed E-state index contributed by atoms with van der Waals surface area (Å²) < 4.78 is 25.8. The van der Waals surface area contributed by atoms with Crippen LogP contribution in [-0.4, -0.2) is 55.6 Å². The second-order valence-electron chi connectivity index (χ2n) is 5.35. The molecule has 0 radical (unpaired) electrons. The SMILES string of the molecule is Cc1cc2cc(NC(=O)CN(C)S(=O)(=O)N(C)C)ccc2[nH]1. The molecular weight excluding hydrogens is 304 g/mol. The number of nitrogens with zero attached hydrogens (tertiary/aromatic N) is 2. The van der Waals surface area contributed by atoms with Crippen LogP contribution in [0.3, 0.4) is 0 Å². The fourth-order valence-electron chi connectivity index (χ4n) is 2.12. The summed E-state index contributed by atoms with van der Waals surface area (Å²) in [5.41, 5.74) is 2.66. The van der Waals surface area contributed by atoms with Crippen molar-refractivity contribution >= 4 is 32.7 Å². The first-order valence-corrected chi connectivity index (χ1v) is 8.13. The van der Waals surface area contributed by atoms with Crippen molar-refractivity contribution in [2.45, 2.75) is 6.92 Å². The molecular formula is C14H20N4O3S. The summed E-state index contributed by atoms with van der Waals surface area (Å²) in [4.78, 5) is 15.2. The number of H-pyrrole nitrogens is 1. The molecule has 2 aromatic rings. The highest BCUT2D eigenvalue weighted by molar-refractivity contribution is 7.86. The van der Waals surface area contributed by atoms with Crippen LogP contribution < -0.4 is 5.32 Å². The Bertz CT molecular complexity index is 796. The van der Waals surface area contributed by atoms with Crippen LogP contribution in [-0.2, 0) is 15.0 Å². The van der Waals surface area contributed by atoms with Gasteiger partial charge in [-0.1, -0.05) is 0 Å². The van der Waals surface area contributed by atoms with Gasteiger partial charge in [0.25, 0.3) is 10.2 Å². The smallest absolute Gasteiger partial charge is 0.281 e. The van der Waals surface area contributed by atoms with Crippen molar-refractivity contribution in [2.75, 3.05) is 33.0 Å². The van der Waals surface area contributed by atoms with E-state index in [0.717, 1.165) is 25.2 Å². The van der Waals surface area contributed by atoms with Crippen LogP contribution in [0.25, 0.3) is 10.9 Å². The molecule has 0 bridgehead atoms. The van der Waals surface area contributed by atoms with Crippen molar-refractivity contribution in [2.24, 2.45) is 0 Å². The van der Waals surface area contributed by atoms with E-state index in [-0.39, 0.29) is 12.5 Å². The first kappa shape index (κ1) is 16.5. The molecule has 0 spiro atoms. The van der Waals surface area contributed by atoms with Gasteiger partial charge in [0.05, 0.1) is 6.54 Å². The van der Waals surface area contributed by atoms with E-state index in [1.807, 2.05) is 25.1 Å². The lowest BCUT2D eigenvalue weighted by Gasteiger charge is -2.20. The first-order valence-electron chi connectivity index (χ1n) is 6.73. The van der Waals surface area contributed by atoms with Gasteiger partial charge in [-0.3, -0.25) is 4.79 Å². The number of likely N-dealkylation sites (N-methyl/N-ethyl adjacent to an activating group) is 1. The fraction of sp³-hybridized carbons (Fsp3) is 0.357. The average Bonchev–Trinajstić information content (AvgIpc) is 2.77. The summed E-state index contributed by atoms with van der Waals surface area (Å²) in [6, 6.07) is 7.47. The molecule has 0 aliphatic heterocycles. The number of aryl methyl sites for hydroxylation is 1. The molecule has 0 saturated carbocycles. The molecule has 0 saturated heterocycles. The predicted molar refractivity (Wildman–Crippen MR) is 86.9 cm³/mol. The Balaban J connectivity index is 2.07. The number of fused-ring (bicyclic) bond motifs is 1. The first-order chi connectivity index (χ1) is 10.2. The number of hydrogen-bond acceptors (Lipinski definition) is 3. The second-order valence-corrected chi connectivity index (χ2v) is 7.60. The molecule has 1 heterocycles. The van der Waals surface area contributed by atoms with Crippen LogP contribution >= 0.6 is 0 Å². The van der Waals surface area contributed by atoms with Crippen LogP contribution in [0.4, 0.5) is 5.69 Å². The lowest BCUT2D eigenvalue weighted by molar-refractivity contribution is -0.116. The van der Waals surface area contributed by atoms with Gasteiger partial charge in [-0.2, -0.15) is 17.0 Å². The van der Waals surface area contributed by atoms with E-state index < -0.39 is 10.2 Å². The van der Waals surface area contributed by atoms with Gasteiger partial charge in [0.2, 0.25) is 5.91 Å². The van der Waals surface area contributed by atoms with E-state index >= 15 is 0 Å². The molecule has 0 aliphatic carbocycles. The molecule has 2 rings (SSSR count). The maximum absolute atomic E-state index is 12.0. The number of hydrogen-bond donors (Lipinski definition) is 2. The third kappa shape index (κ3) is 3.46. The topological polar surface area (TPSA) is 85.5 Å². The number of rotatable bonds is 5. The van der Waals surface area contributed by atoms with E-state index in [1.54, 1.807) is 6.07 Å². The Morgan fingerprint density at radius 3 is 2.55 bits per heavy atom. The van der Waals surface area contributed by atoms with E-state index in [2.05, 4.69) is 10.3 Å². The lowest BCUT2D eigenvalue weighted by atomic mass is 10.2. The molecule has 2 N–H and O–H groups in total. The average molecular weight is 324 g/mol. The standard InChI is InChI=1S/C14H20N4O3S/c1-10-7-11-8-12(5-6-13(11)15-10)16-14(19)9-18(4)22(20,21)17(2)3/h5-8,15H,9H2,1-4H3,(H,16,19). The van der Waals surface area contributed by atoms with Crippen molar-refractivity contribution in [1.29, 1.82) is 0 Å². The number of carbonyl (C=O) groups excluding carboxylic acids is 1. The number of anilines is 1. The highest BCUT2D eigenvalue weighted by atomic mass is 32.2. The number of aromatic nitrogens is 1. The largest absolute Gasteiger partial charge is 0.359 e. The van der Waals surface area contributed by atoms with Gasteiger partial charge in [0.1, 0.15) is 0 Å². The van der Waals surface area contributed by atoms with Gasteiger partial charge in [-0.05, 0) is 31.2 Å². The van der Waals surface area contributed by atoms with Gasteiger partial charge in [-0.15, -0.1) is 0 Å². The van der Waals surface area contributed by atoms with Crippen molar-refractivity contribution in [3.63, 3.8) is 0 Å². The number of aromatic amines is 1. The molecule has 7 nitrogen and oxygen atoms in total. The molecule has 0 atom stereocenters. The number of amides is 1. The number of benzene rings is 1. The van der Waals surface area contributed by atoms with Gasteiger partial charge < -0.3 is 10.3 Å². The molecule has 120 valence electrons. The minimum Gasteiger partial charge on any atom is -0.359 e. The van der Waals surface area contributed by atoms with Crippen LogP contribution in [0.2, 0.25) is 0 Å². The van der Waals surface area contributed by atoms with Crippen molar-refractivity contribution < 1.29 is 13.2 Å². The monoisotopic (exact) mass is 324 g/mol. The van der Waals surface area contributed by atoms with Crippen molar-refractivity contribution in [1.82, 2.24) is 13.6 Å². The van der Waals surface area contributed by atoms with E-state index in [4.69, 9.17) is 0 Å². The van der Waals surface area contributed by atoms with Crippen LogP contribution in [0.1, 0.15) is 5.69 Å². The van der Waals surface area contributed by atoms with Crippen molar-refractivity contribution in [3.05, 3.63) is 30.0 Å². The highest BCUT2D eigenvalue weighted by Gasteiger charge is 2.22. The van der Waals surface area contributed by atoms with Crippen molar-refractivity contribution in [3.8, 4) is 0 Å². The molecule has 1 amide bonds. The Hall–Kier alpha value is -1.90. The normalized spacial score (nSPS) is 12.3. The molecule has 0 unspecified atom stereocenters. The fourth-order valence-corrected chi connectivity index (χ4v) is 2.96. The van der Waals surface area contributed by atoms with Crippen LogP contribution in [0, 0.1) is 6.92 Å². The zero-order valence-corrected chi connectivity index (χ0v) is 13.9. The van der Waals surface area contributed by atoms with E-state index in [1.165, 1.54) is 21.1 Å². The maximum Gasteiger partial charge on any atom is 0.281 e. The maximum atomic E-state index is 12.0. The van der Waals surface area contributed by atoms with Gasteiger partial charge >= 0.3 is 0 Å². The molecule has 22 heavy (non-hydrogen) atoms. The van der Waals surface area contributed by atoms with Crippen LogP contribution in [0.5, 0.6) is 0 Å². The van der Waals surface area contributed by atoms with E-state index in [9.17, 15) is 13.2 Å². The summed E-state index contributed by atoms with van der Waals surface area (Å²) in [5, 5.41) is 3.70. The van der Waals surface area contributed by atoms with Gasteiger partial charge in [-0.25, -0.2) is 0 Å². The molecule has 8 heteroatoms. The minimum atomic E-state index is -3.59. The lowest BCUT2D eigenvalue weighted by Crippen LogP contribution is -2.41. The Morgan fingerprint density at radius 2 is 1.91 bits per heavy atom. The summed E-state index contributed by atoms with van der Waals surface area (Å²) in [5.74, 6) is -0.389. The Kier molecular flexibility index (Phi) is 4.55. The summed E-state index contributed by atoms with van der Waals surface area (Å²) in [6.45, 7) is 1.71. The molecule has 0 aliphatic rings. The zero-order valence-electron chi connectivity index (χ0n) is 13.0. The third-order valence-electron chi connectivity index (χ3n) is 3.26. The summed E-state index contributed by atoms with van der Waals surface area (Å²) >= 11 is 0. The highest BCUT2D eigenvalue weighted by Crippen LogP contribution is 2.19. The van der Waals surface area contributed by atoms with Crippen LogP contribution in [0.15, 0.2) is 24.3 Å². The summed E-state index contributed by atoms with van der Waals surface area (Å²) in [6.07, 6.45) is 0.